The summed E-state index contributed by atoms with van der Waals surface area (Å²) in [6.45, 7) is 7.23. The van der Waals surface area contributed by atoms with Crippen molar-refractivity contribution in [3.8, 4) is 22.9 Å². The van der Waals surface area contributed by atoms with Crippen molar-refractivity contribution < 1.29 is 27.9 Å². The lowest BCUT2D eigenvalue weighted by Gasteiger charge is -2.20. The summed E-state index contributed by atoms with van der Waals surface area (Å²) in [6.07, 6.45) is 0.801. The van der Waals surface area contributed by atoms with Crippen molar-refractivity contribution in [2.24, 2.45) is 0 Å². The van der Waals surface area contributed by atoms with Gasteiger partial charge < -0.3 is 13.9 Å². The van der Waals surface area contributed by atoms with Crippen LogP contribution in [-0.4, -0.2) is 33.8 Å². The molecule has 0 N–H and O–H groups in total. The zero-order valence-corrected chi connectivity index (χ0v) is 17.3. The van der Waals surface area contributed by atoms with Crippen LogP contribution < -0.4 is 0 Å². The zero-order valence-electron chi connectivity index (χ0n) is 17.3. The molecule has 0 aliphatic carbocycles. The van der Waals surface area contributed by atoms with Crippen molar-refractivity contribution in [2.45, 2.75) is 39.7 Å². The lowest BCUT2D eigenvalue weighted by molar-refractivity contribution is -0.142. The number of aromatic nitrogens is 2. The number of oxazole rings is 1. The van der Waals surface area contributed by atoms with Crippen LogP contribution in [0.5, 0.6) is 0 Å². The summed E-state index contributed by atoms with van der Waals surface area (Å²) < 4.78 is 30.9. The molecule has 0 fully saturated rings. The number of nitrogens with zero attached hydrogens (tertiary/aromatic N) is 2. The predicted molar refractivity (Wildman–Crippen MR) is 107 cm³/mol. The molecule has 0 saturated carbocycles. The second kappa shape index (κ2) is 8.52. The maximum atomic E-state index is 13.3. The molecule has 2 heterocycles. The van der Waals surface area contributed by atoms with Crippen molar-refractivity contribution in [2.75, 3.05) is 6.61 Å². The first kappa shape index (κ1) is 21.3. The van der Waals surface area contributed by atoms with Crippen LogP contribution in [0.4, 0.5) is 9.18 Å². The van der Waals surface area contributed by atoms with Gasteiger partial charge in [0, 0.05) is 11.8 Å². The Morgan fingerprint density at radius 3 is 2.50 bits per heavy atom. The number of carbonyl (C=O) groups excluding carboxylic acids is 2. The van der Waals surface area contributed by atoms with Crippen LogP contribution in [0.25, 0.3) is 22.9 Å². The molecule has 0 spiro atoms. The molecule has 2 aromatic heterocycles. The third-order valence-corrected chi connectivity index (χ3v) is 3.98. The number of esters is 1. The Kier molecular flexibility index (Phi) is 6.05. The fourth-order valence-electron chi connectivity index (χ4n) is 2.77. The van der Waals surface area contributed by atoms with Crippen LogP contribution in [0.1, 0.15) is 33.4 Å². The van der Waals surface area contributed by atoms with E-state index in [9.17, 15) is 14.0 Å². The average Bonchev–Trinajstić information content (AvgIpc) is 3.28. The number of rotatable bonds is 5. The normalized spacial score (nSPS) is 11.4. The van der Waals surface area contributed by atoms with Crippen molar-refractivity contribution in [3.05, 3.63) is 54.1 Å². The molecule has 3 rings (SSSR count). The SMILES string of the molecule is CCOC(=O)Cc1nc(-c2ccc(F)cc2)oc1-c1cccn1C(=O)OC(C)(C)C. The highest BCUT2D eigenvalue weighted by Crippen LogP contribution is 2.31. The van der Waals surface area contributed by atoms with Crippen LogP contribution in [0.15, 0.2) is 47.0 Å². The fraction of sp³-hybridized carbons (Fsp3) is 0.318. The highest BCUT2D eigenvalue weighted by Gasteiger charge is 2.25. The van der Waals surface area contributed by atoms with Crippen LogP contribution in [0.3, 0.4) is 0 Å². The van der Waals surface area contributed by atoms with E-state index in [-0.39, 0.29) is 24.7 Å². The fourth-order valence-corrected chi connectivity index (χ4v) is 2.77. The summed E-state index contributed by atoms with van der Waals surface area (Å²) in [7, 11) is 0. The van der Waals surface area contributed by atoms with Gasteiger partial charge in [0.15, 0.2) is 5.76 Å². The first-order valence-corrected chi connectivity index (χ1v) is 9.50. The molecule has 0 saturated heterocycles. The van der Waals surface area contributed by atoms with Crippen molar-refractivity contribution in [3.63, 3.8) is 0 Å². The van der Waals surface area contributed by atoms with Crippen LogP contribution in [0.2, 0.25) is 0 Å². The number of benzene rings is 1. The number of ether oxygens (including phenoxy) is 2. The summed E-state index contributed by atoms with van der Waals surface area (Å²) in [5, 5.41) is 0. The molecule has 0 unspecified atom stereocenters. The van der Waals surface area contributed by atoms with Gasteiger partial charge in [-0.25, -0.2) is 18.7 Å². The van der Waals surface area contributed by atoms with E-state index in [4.69, 9.17) is 13.9 Å². The summed E-state index contributed by atoms with van der Waals surface area (Å²) in [6, 6.07) is 8.93. The smallest absolute Gasteiger partial charge is 0.419 e. The van der Waals surface area contributed by atoms with E-state index in [2.05, 4.69) is 4.98 Å². The molecule has 158 valence electrons. The quantitative estimate of drug-likeness (QED) is 0.556. The Morgan fingerprint density at radius 2 is 1.87 bits per heavy atom. The molecule has 7 nitrogen and oxygen atoms in total. The Morgan fingerprint density at radius 1 is 1.17 bits per heavy atom. The van der Waals surface area contributed by atoms with Crippen molar-refractivity contribution in [1.29, 1.82) is 0 Å². The minimum absolute atomic E-state index is 0.145. The van der Waals surface area contributed by atoms with Crippen LogP contribution in [0, 0.1) is 5.82 Å². The maximum absolute atomic E-state index is 13.3. The molecule has 0 amide bonds. The van der Waals surface area contributed by atoms with Gasteiger partial charge in [0.25, 0.3) is 0 Å². The standard InChI is InChI=1S/C22H23FN2O5/c1-5-28-18(26)13-16-19(29-20(24-16)14-8-10-15(23)11-9-14)17-7-6-12-25(17)21(27)30-22(2,3)4/h6-12H,5,13H2,1-4H3. The van der Waals surface area contributed by atoms with Gasteiger partial charge in [-0.2, -0.15) is 0 Å². The van der Waals surface area contributed by atoms with Gasteiger partial charge in [0.2, 0.25) is 5.89 Å². The molecular weight excluding hydrogens is 391 g/mol. The number of carbonyl (C=O) groups is 2. The van der Waals surface area contributed by atoms with Gasteiger partial charge in [-0.15, -0.1) is 0 Å². The molecule has 3 aromatic rings. The summed E-state index contributed by atoms with van der Waals surface area (Å²) in [5.41, 5.74) is 0.524. The van der Waals surface area contributed by atoms with E-state index >= 15 is 0 Å². The van der Waals surface area contributed by atoms with Gasteiger partial charge in [-0.05, 0) is 64.1 Å². The average molecular weight is 414 g/mol. The minimum atomic E-state index is -0.687. The minimum Gasteiger partial charge on any atom is -0.466 e. The third-order valence-electron chi connectivity index (χ3n) is 3.98. The maximum Gasteiger partial charge on any atom is 0.419 e. The number of hydrogen-bond acceptors (Lipinski definition) is 6. The van der Waals surface area contributed by atoms with E-state index in [0.29, 0.717) is 17.0 Å². The number of halogens is 1. The molecule has 0 atom stereocenters. The molecule has 0 bridgehead atoms. The second-order valence-corrected chi connectivity index (χ2v) is 7.53. The zero-order chi connectivity index (χ0) is 21.9. The summed E-state index contributed by atoms with van der Waals surface area (Å²) >= 11 is 0. The molecule has 0 aliphatic rings. The first-order chi connectivity index (χ1) is 14.2. The molecule has 8 heteroatoms. The largest absolute Gasteiger partial charge is 0.466 e. The van der Waals surface area contributed by atoms with Crippen LogP contribution >= 0.6 is 0 Å². The van der Waals surface area contributed by atoms with E-state index in [1.807, 2.05) is 0 Å². The lowest BCUT2D eigenvalue weighted by Crippen LogP contribution is -2.27. The highest BCUT2D eigenvalue weighted by atomic mass is 19.1. The van der Waals surface area contributed by atoms with Gasteiger partial charge in [0.05, 0.1) is 18.7 Å². The summed E-state index contributed by atoms with van der Waals surface area (Å²) in [5.74, 6) is -0.441. The molecule has 1 aromatic carbocycles. The van der Waals surface area contributed by atoms with E-state index < -0.39 is 23.5 Å². The van der Waals surface area contributed by atoms with Gasteiger partial charge in [-0.1, -0.05) is 0 Å². The Balaban J connectivity index is 2.05. The first-order valence-electron chi connectivity index (χ1n) is 9.50. The summed E-state index contributed by atoms with van der Waals surface area (Å²) in [4.78, 5) is 29.1. The highest BCUT2D eigenvalue weighted by molar-refractivity contribution is 5.80. The topological polar surface area (TPSA) is 83.6 Å². The van der Waals surface area contributed by atoms with Gasteiger partial charge in [0.1, 0.15) is 17.1 Å². The molecule has 30 heavy (non-hydrogen) atoms. The van der Waals surface area contributed by atoms with Gasteiger partial charge >= 0.3 is 12.1 Å². The van der Waals surface area contributed by atoms with Gasteiger partial charge in [-0.3, -0.25) is 4.79 Å². The second-order valence-electron chi connectivity index (χ2n) is 7.53. The lowest BCUT2D eigenvalue weighted by atomic mass is 10.2. The Labute approximate surface area is 173 Å². The predicted octanol–water partition coefficient (Wildman–Crippen LogP) is 4.84. The monoisotopic (exact) mass is 414 g/mol. The molecule has 0 aliphatic heterocycles. The van der Waals surface area contributed by atoms with Crippen LogP contribution in [-0.2, 0) is 20.7 Å². The van der Waals surface area contributed by atoms with Crippen molar-refractivity contribution in [1.82, 2.24) is 9.55 Å². The molecular formula is C22H23FN2O5. The Bertz CT molecular complexity index is 1040. The van der Waals surface area contributed by atoms with E-state index in [1.54, 1.807) is 39.8 Å². The third kappa shape index (κ3) is 4.94. The Hall–Kier alpha value is -3.42. The van der Waals surface area contributed by atoms with Crippen molar-refractivity contribution >= 4 is 12.1 Å². The molecule has 0 radical (unpaired) electrons. The number of hydrogen-bond donors (Lipinski definition) is 0. The van der Waals surface area contributed by atoms with E-state index in [1.165, 1.54) is 35.0 Å². The van der Waals surface area contributed by atoms with E-state index in [0.717, 1.165) is 0 Å².